The number of carbonyl (C=O) groups excluding carboxylic acids is 1. The first kappa shape index (κ1) is 14.1. The van der Waals surface area contributed by atoms with E-state index in [0.717, 1.165) is 12.1 Å². The topological polar surface area (TPSA) is 42.0 Å². The predicted octanol–water partition coefficient (Wildman–Crippen LogP) is 3.87. The van der Waals surface area contributed by atoms with Crippen LogP contribution in [0.5, 0.6) is 0 Å². The second kappa shape index (κ2) is 5.79. The second-order valence-electron chi connectivity index (χ2n) is 3.55. The number of pyridine rings is 1. The molecule has 7 heteroatoms. The van der Waals surface area contributed by atoms with Gasteiger partial charge in [0.05, 0.1) is 11.3 Å². The molecule has 2 rings (SSSR count). The molecule has 0 aliphatic heterocycles. The molecule has 0 radical (unpaired) electrons. The summed E-state index contributed by atoms with van der Waals surface area (Å²) >= 11 is 7.76. The Bertz CT molecular complexity index is 652. The zero-order valence-corrected chi connectivity index (χ0v) is 12.2. The summed E-state index contributed by atoms with van der Waals surface area (Å²) in [5, 5.41) is 2.71. The molecule has 1 heterocycles. The highest BCUT2D eigenvalue weighted by atomic mass is 127. The number of carbonyl (C=O) groups is 1. The van der Waals surface area contributed by atoms with E-state index in [0.29, 0.717) is 14.2 Å². The molecule has 1 aromatic heterocycles. The first-order valence-electron chi connectivity index (χ1n) is 5.06. The molecule has 0 bridgehead atoms. The van der Waals surface area contributed by atoms with Gasteiger partial charge in [-0.25, -0.2) is 0 Å². The van der Waals surface area contributed by atoms with Crippen molar-refractivity contribution in [2.24, 2.45) is 0 Å². The van der Waals surface area contributed by atoms with Crippen LogP contribution < -0.4 is 5.32 Å². The summed E-state index contributed by atoms with van der Waals surface area (Å²) in [5.41, 5.74) is 0.110. The third kappa shape index (κ3) is 3.38. The maximum absolute atomic E-state index is 13.3. The first-order valence-corrected chi connectivity index (χ1v) is 6.51. The number of benzene rings is 1. The fourth-order valence-corrected chi connectivity index (χ4v) is 2.12. The minimum Gasteiger partial charge on any atom is -0.318 e. The van der Waals surface area contributed by atoms with Gasteiger partial charge in [-0.3, -0.25) is 4.79 Å². The standard InChI is InChI=1S/C12H6ClF2IN2O/c13-6-1-2-8(16)7(5-6)12(19)17-9-3-4-10(14)18-11(9)15/h1-5H,(H,17,19). The van der Waals surface area contributed by atoms with E-state index in [1.54, 1.807) is 12.1 Å². The number of hydrogen-bond acceptors (Lipinski definition) is 2. The number of hydrogen-bond donors (Lipinski definition) is 1. The van der Waals surface area contributed by atoms with E-state index in [9.17, 15) is 13.6 Å². The highest BCUT2D eigenvalue weighted by Gasteiger charge is 2.14. The van der Waals surface area contributed by atoms with Crippen molar-refractivity contribution >= 4 is 45.8 Å². The van der Waals surface area contributed by atoms with E-state index in [1.165, 1.54) is 6.07 Å². The minimum absolute atomic E-state index is 0.192. The fourth-order valence-electron chi connectivity index (χ4n) is 1.37. The molecule has 0 aliphatic carbocycles. The van der Waals surface area contributed by atoms with Crippen molar-refractivity contribution in [1.29, 1.82) is 0 Å². The van der Waals surface area contributed by atoms with Crippen molar-refractivity contribution in [1.82, 2.24) is 4.98 Å². The summed E-state index contributed by atoms with van der Waals surface area (Å²) < 4.78 is 26.6. The van der Waals surface area contributed by atoms with Crippen LogP contribution in [0, 0.1) is 15.5 Å². The molecule has 0 fully saturated rings. The van der Waals surface area contributed by atoms with Crippen molar-refractivity contribution < 1.29 is 13.6 Å². The van der Waals surface area contributed by atoms with Gasteiger partial charge in [0.25, 0.3) is 5.91 Å². The summed E-state index contributed by atoms with van der Waals surface area (Å²) in [6.07, 6.45) is 0. The van der Waals surface area contributed by atoms with E-state index in [1.807, 2.05) is 22.6 Å². The Morgan fingerprint density at radius 1 is 1.26 bits per heavy atom. The summed E-state index contributed by atoms with van der Waals surface area (Å²) in [6, 6.07) is 6.83. The molecule has 0 aliphatic rings. The third-order valence-corrected chi connectivity index (χ3v) is 3.41. The maximum atomic E-state index is 13.3. The first-order chi connectivity index (χ1) is 8.97. The quantitative estimate of drug-likeness (QED) is 0.621. The average Bonchev–Trinajstić information content (AvgIpc) is 2.35. The molecular formula is C12H6ClF2IN2O. The van der Waals surface area contributed by atoms with Gasteiger partial charge in [-0.15, -0.1) is 0 Å². The van der Waals surface area contributed by atoms with Crippen LogP contribution in [0.1, 0.15) is 10.4 Å². The van der Waals surface area contributed by atoms with Crippen LogP contribution in [-0.2, 0) is 0 Å². The van der Waals surface area contributed by atoms with Gasteiger partial charge in [0.15, 0.2) is 0 Å². The van der Waals surface area contributed by atoms with Crippen molar-refractivity contribution in [2.75, 3.05) is 5.32 Å². The largest absolute Gasteiger partial charge is 0.318 e. The molecule has 98 valence electrons. The number of aromatic nitrogens is 1. The number of nitrogens with one attached hydrogen (secondary N) is 1. The lowest BCUT2D eigenvalue weighted by atomic mass is 10.2. The Kier molecular flexibility index (Phi) is 4.31. The summed E-state index contributed by atoms with van der Waals surface area (Å²) in [5.74, 6) is -2.57. The lowest BCUT2D eigenvalue weighted by Gasteiger charge is -2.07. The molecule has 0 unspecified atom stereocenters. The van der Waals surface area contributed by atoms with Crippen LogP contribution in [0.25, 0.3) is 0 Å². The Labute approximate surface area is 126 Å². The Hall–Kier alpha value is -1.28. The summed E-state index contributed by atoms with van der Waals surface area (Å²) in [7, 11) is 0. The Morgan fingerprint density at radius 3 is 2.68 bits per heavy atom. The number of nitrogens with zero attached hydrogens (tertiary/aromatic N) is 1. The predicted molar refractivity (Wildman–Crippen MR) is 76.3 cm³/mol. The van der Waals surface area contributed by atoms with E-state index in [2.05, 4.69) is 10.3 Å². The molecule has 0 spiro atoms. The van der Waals surface area contributed by atoms with Crippen LogP contribution in [0.2, 0.25) is 5.02 Å². The summed E-state index contributed by atoms with van der Waals surface area (Å²) in [6.45, 7) is 0. The molecular weight excluding hydrogens is 388 g/mol. The molecule has 1 amide bonds. The molecule has 19 heavy (non-hydrogen) atoms. The van der Waals surface area contributed by atoms with E-state index < -0.39 is 17.8 Å². The molecule has 0 saturated heterocycles. The minimum atomic E-state index is -1.08. The maximum Gasteiger partial charge on any atom is 0.256 e. The van der Waals surface area contributed by atoms with Gasteiger partial charge in [0, 0.05) is 8.59 Å². The lowest BCUT2D eigenvalue weighted by Crippen LogP contribution is -2.15. The number of anilines is 1. The Balaban J connectivity index is 2.28. The van der Waals surface area contributed by atoms with Gasteiger partial charge in [-0.2, -0.15) is 13.8 Å². The zero-order valence-electron chi connectivity index (χ0n) is 9.25. The van der Waals surface area contributed by atoms with Gasteiger partial charge in [-0.05, 0) is 52.9 Å². The number of rotatable bonds is 2. The number of halogens is 4. The normalized spacial score (nSPS) is 10.3. The fraction of sp³-hybridized carbons (Fsp3) is 0. The van der Waals surface area contributed by atoms with Gasteiger partial charge in [-0.1, -0.05) is 11.6 Å². The monoisotopic (exact) mass is 394 g/mol. The Morgan fingerprint density at radius 2 is 2.00 bits per heavy atom. The van der Waals surface area contributed by atoms with Crippen LogP contribution >= 0.6 is 34.2 Å². The van der Waals surface area contributed by atoms with E-state index >= 15 is 0 Å². The van der Waals surface area contributed by atoms with Crippen LogP contribution in [0.3, 0.4) is 0 Å². The molecule has 1 aromatic carbocycles. The lowest BCUT2D eigenvalue weighted by molar-refractivity contribution is 0.102. The van der Waals surface area contributed by atoms with Crippen LogP contribution in [0.4, 0.5) is 14.5 Å². The van der Waals surface area contributed by atoms with Crippen molar-refractivity contribution in [2.45, 2.75) is 0 Å². The molecule has 0 saturated carbocycles. The van der Waals surface area contributed by atoms with Gasteiger partial charge in [0.2, 0.25) is 11.9 Å². The van der Waals surface area contributed by atoms with Crippen molar-refractivity contribution in [3.63, 3.8) is 0 Å². The molecule has 3 nitrogen and oxygen atoms in total. The molecule has 1 N–H and O–H groups in total. The van der Waals surface area contributed by atoms with Crippen molar-refractivity contribution in [3.05, 3.63) is 56.4 Å². The SMILES string of the molecule is O=C(Nc1ccc(F)nc1F)c1cc(Cl)ccc1I. The van der Waals surface area contributed by atoms with Crippen molar-refractivity contribution in [3.8, 4) is 0 Å². The zero-order chi connectivity index (χ0) is 14.0. The molecule has 2 aromatic rings. The second-order valence-corrected chi connectivity index (χ2v) is 5.15. The van der Waals surface area contributed by atoms with Crippen LogP contribution in [0.15, 0.2) is 30.3 Å². The van der Waals surface area contributed by atoms with E-state index in [-0.39, 0.29) is 5.69 Å². The molecule has 0 atom stereocenters. The summed E-state index contributed by atoms with van der Waals surface area (Å²) in [4.78, 5) is 14.9. The highest BCUT2D eigenvalue weighted by Crippen LogP contribution is 2.20. The number of amides is 1. The van der Waals surface area contributed by atoms with Gasteiger partial charge < -0.3 is 5.32 Å². The van der Waals surface area contributed by atoms with Crippen LogP contribution in [-0.4, -0.2) is 10.9 Å². The van der Waals surface area contributed by atoms with Gasteiger partial charge in [0.1, 0.15) is 0 Å². The average molecular weight is 395 g/mol. The smallest absolute Gasteiger partial charge is 0.256 e. The van der Waals surface area contributed by atoms with Gasteiger partial charge >= 0.3 is 0 Å². The van der Waals surface area contributed by atoms with E-state index in [4.69, 9.17) is 11.6 Å². The third-order valence-electron chi connectivity index (χ3n) is 2.24. The highest BCUT2D eigenvalue weighted by molar-refractivity contribution is 14.1.